The summed E-state index contributed by atoms with van der Waals surface area (Å²) in [4.78, 5) is 17.9. The quantitative estimate of drug-likeness (QED) is 0.520. The minimum atomic E-state index is -0.266. The largest absolute Gasteiger partial charge is 0.508 e. The molecule has 2 bridgehead atoms. The van der Waals surface area contributed by atoms with Crippen LogP contribution in [0.5, 0.6) is 17.2 Å². The Morgan fingerprint density at radius 3 is 2.86 bits per heavy atom. The van der Waals surface area contributed by atoms with Crippen molar-refractivity contribution in [3.05, 3.63) is 63.7 Å². The number of likely N-dealkylation sites (tertiary alicyclic amines) is 1. The molecular weight excluding hydrogens is 511 g/mol. The zero-order chi connectivity index (χ0) is 26.1. The van der Waals surface area contributed by atoms with Gasteiger partial charge in [0.25, 0.3) is 0 Å². The molecule has 2 aliphatic heterocycles. The minimum absolute atomic E-state index is 0.0179. The number of piperidine rings is 1. The maximum absolute atomic E-state index is 13.5. The molecule has 2 aliphatic carbocycles. The van der Waals surface area contributed by atoms with E-state index in [-0.39, 0.29) is 35.6 Å². The van der Waals surface area contributed by atoms with E-state index in [1.165, 1.54) is 0 Å². The van der Waals surface area contributed by atoms with E-state index >= 15 is 0 Å². The summed E-state index contributed by atoms with van der Waals surface area (Å²) in [6, 6.07) is 7.22. The summed E-state index contributed by atoms with van der Waals surface area (Å²) in [6.07, 6.45) is 5.55. The number of carbonyl (C=O) groups excluding carboxylic acids is 1. The third-order valence-corrected chi connectivity index (χ3v) is 10.0. The highest BCUT2D eigenvalue weighted by atomic mass is 35.5. The molecule has 37 heavy (non-hydrogen) atoms. The summed E-state index contributed by atoms with van der Waals surface area (Å²) >= 11 is 12.3. The van der Waals surface area contributed by atoms with Crippen LogP contribution in [0.3, 0.4) is 0 Å². The van der Waals surface area contributed by atoms with E-state index in [4.69, 9.17) is 32.7 Å². The molecule has 0 unspecified atom stereocenters. The predicted molar refractivity (Wildman–Crippen MR) is 144 cm³/mol. The van der Waals surface area contributed by atoms with E-state index in [9.17, 15) is 9.90 Å². The molecule has 1 N–H and O–H groups in total. The highest BCUT2D eigenvalue weighted by molar-refractivity contribution is 6.42. The Bertz CT molecular complexity index is 1280. The van der Waals surface area contributed by atoms with Crippen molar-refractivity contribution in [1.29, 1.82) is 0 Å². The number of phenolic OH excluding ortho intramolecular Hbond substituents is 1. The van der Waals surface area contributed by atoms with Gasteiger partial charge in [-0.05, 0) is 55.8 Å². The molecule has 0 radical (unpaired) electrons. The molecule has 1 saturated carbocycles. The lowest BCUT2D eigenvalue weighted by atomic mass is 9.51. The van der Waals surface area contributed by atoms with Gasteiger partial charge in [0.05, 0.1) is 29.6 Å². The number of aromatic hydroxyl groups is 1. The van der Waals surface area contributed by atoms with Crippen LogP contribution in [-0.2, 0) is 23.1 Å². The van der Waals surface area contributed by atoms with Crippen LogP contribution >= 0.6 is 23.2 Å². The lowest BCUT2D eigenvalue weighted by Gasteiger charge is -2.60. The Kier molecular flexibility index (Phi) is 6.13. The van der Waals surface area contributed by atoms with Crippen LogP contribution < -0.4 is 9.47 Å². The smallest absolute Gasteiger partial charge is 0.227 e. The number of nitrogens with zero attached hydrogens (tertiary/aromatic N) is 2. The second-order valence-corrected chi connectivity index (χ2v) is 11.7. The summed E-state index contributed by atoms with van der Waals surface area (Å²) in [6.45, 7) is 5.73. The fraction of sp³-hybridized carbons (Fsp3) is 0.483. The third kappa shape index (κ3) is 3.59. The summed E-state index contributed by atoms with van der Waals surface area (Å²) in [5, 5.41) is 12.0. The number of methoxy groups -OCH3 is 1. The highest BCUT2D eigenvalue weighted by Crippen LogP contribution is 2.65. The van der Waals surface area contributed by atoms with Crippen LogP contribution in [0.2, 0.25) is 10.0 Å². The first-order valence-electron chi connectivity index (χ1n) is 12.9. The number of phenols is 1. The lowest BCUT2D eigenvalue weighted by Crippen LogP contribution is -2.69. The van der Waals surface area contributed by atoms with Crippen molar-refractivity contribution < 1.29 is 19.4 Å². The van der Waals surface area contributed by atoms with E-state index in [0.717, 1.165) is 61.2 Å². The number of halogens is 2. The van der Waals surface area contributed by atoms with Gasteiger partial charge in [0.2, 0.25) is 5.91 Å². The van der Waals surface area contributed by atoms with Crippen LogP contribution in [0.1, 0.15) is 36.0 Å². The van der Waals surface area contributed by atoms with Crippen LogP contribution in [0.25, 0.3) is 0 Å². The standard InChI is InChI=1S/C29H32Cl2N2O4/c1-4-10-33-11-9-29-18-6-8-21(32(2)25(35)13-16-5-7-19(30)20(31)12-16)28(29)37-27-24(36-3)15-23(34)17(26(27)29)14-22(18)33/h4-5,7,12,15,18,21-22,28,34H,1,6,8-11,13-14H2,2-3H3/t18-,21+,22+,28-,29-/m0/s1. The maximum Gasteiger partial charge on any atom is 0.227 e. The monoisotopic (exact) mass is 542 g/mol. The van der Waals surface area contributed by atoms with Gasteiger partial charge in [0, 0.05) is 42.2 Å². The van der Waals surface area contributed by atoms with Crippen molar-refractivity contribution in [1.82, 2.24) is 9.80 Å². The molecule has 4 aliphatic rings. The molecule has 2 aromatic carbocycles. The molecule has 5 atom stereocenters. The number of hydrogen-bond acceptors (Lipinski definition) is 5. The number of benzene rings is 2. The van der Waals surface area contributed by atoms with Gasteiger partial charge in [-0.15, -0.1) is 6.58 Å². The first kappa shape index (κ1) is 24.9. The fourth-order valence-corrected chi connectivity index (χ4v) is 8.05. The number of ether oxygens (including phenoxy) is 2. The topological polar surface area (TPSA) is 62.2 Å². The summed E-state index contributed by atoms with van der Waals surface area (Å²) < 4.78 is 12.5. The van der Waals surface area contributed by atoms with Gasteiger partial charge in [-0.25, -0.2) is 0 Å². The normalized spacial score (nSPS) is 29.3. The van der Waals surface area contributed by atoms with E-state index in [0.29, 0.717) is 27.8 Å². The molecule has 1 amide bonds. The van der Waals surface area contributed by atoms with Gasteiger partial charge in [-0.3, -0.25) is 9.69 Å². The zero-order valence-electron chi connectivity index (χ0n) is 21.2. The maximum atomic E-state index is 13.5. The molecule has 1 saturated heterocycles. The van der Waals surface area contributed by atoms with Gasteiger partial charge < -0.3 is 19.5 Å². The molecule has 2 aromatic rings. The number of hydrogen-bond donors (Lipinski definition) is 1. The Labute approximate surface area is 227 Å². The number of likely N-dealkylation sites (N-methyl/N-ethyl adjacent to an activating group) is 1. The van der Waals surface area contributed by atoms with Gasteiger partial charge in [0.15, 0.2) is 11.5 Å². The predicted octanol–water partition coefficient (Wildman–Crippen LogP) is 5.00. The van der Waals surface area contributed by atoms with E-state index in [1.54, 1.807) is 25.3 Å². The summed E-state index contributed by atoms with van der Waals surface area (Å²) in [5.41, 5.74) is 2.65. The van der Waals surface area contributed by atoms with E-state index in [2.05, 4.69) is 11.5 Å². The van der Waals surface area contributed by atoms with Crippen molar-refractivity contribution in [3.63, 3.8) is 0 Å². The molecule has 6 nitrogen and oxygen atoms in total. The summed E-state index contributed by atoms with van der Waals surface area (Å²) in [5.74, 6) is 1.98. The SMILES string of the molecule is C=CCN1CC[C@]23c4c5c(O)cc(OC)c4O[C@H]2[C@H](N(C)C(=O)Cc2ccc(Cl)c(Cl)c2)CC[C@H]3[C@H]1C5. The van der Waals surface area contributed by atoms with Gasteiger partial charge in [-0.1, -0.05) is 35.3 Å². The van der Waals surface area contributed by atoms with Crippen LogP contribution in [0.4, 0.5) is 0 Å². The Balaban J connectivity index is 1.38. The van der Waals surface area contributed by atoms with Crippen LogP contribution in [0.15, 0.2) is 36.9 Å². The average molecular weight is 543 g/mol. The molecule has 0 aromatic heterocycles. The second-order valence-electron chi connectivity index (χ2n) is 10.8. The van der Waals surface area contributed by atoms with Crippen LogP contribution in [0, 0.1) is 5.92 Å². The van der Waals surface area contributed by atoms with Crippen LogP contribution in [-0.4, -0.2) is 66.2 Å². The van der Waals surface area contributed by atoms with Gasteiger partial charge >= 0.3 is 0 Å². The Hall–Kier alpha value is -2.41. The van der Waals surface area contributed by atoms with Crippen molar-refractivity contribution in [2.75, 3.05) is 27.2 Å². The van der Waals surface area contributed by atoms with Crippen molar-refractivity contribution >= 4 is 29.1 Å². The fourth-order valence-electron chi connectivity index (χ4n) is 7.73. The number of rotatable bonds is 6. The zero-order valence-corrected chi connectivity index (χ0v) is 22.7. The molecule has 196 valence electrons. The van der Waals surface area contributed by atoms with E-state index < -0.39 is 0 Å². The molecule has 2 fully saturated rings. The van der Waals surface area contributed by atoms with E-state index in [1.807, 2.05) is 24.1 Å². The number of amides is 1. The third-order valence-electron chi connectivity index (χ3n) is 9.31. The Morgan fingerprint density at radius 1 is 1.32 bits per heavy atom. The second kappa shape index (κ2) is 9.11. The van der Waals surface area contributed by atoms with Gasteiger partial charge in [0.1, 0.15) is 11.9 Å². The van der Waals surface area contributed by atoms with Crippen molar-refractivity contribution in [3.8, 4) is 17.2 Å². The van der Waals surface area contributed by atoms with Crippen molar-refractivity contribution in [2.45, 2.75) is 55.7 Å². The first-order valence-corrected chi connectivity index (χ1v) is 13.7. The highest BCUT2D eigenvalue weighted by Gasteiger charge is 2.66. The summed E-state index contributed by atoms with van der Waals surface area (Å²) in [7, 11) is 3.50. The molecule has 8 heteroatoms. The molecule has 1 spiro atoms. The minimum Gasteiger partial charge on any atom is -0.508 e. The first-order chi connectivity index (χ1) is 17.8. The molecule has 2 heterocycles. The number of carbonyl (C=O) groups is 1. The molecule has 6 rings (SSSR count). The average Bonchev–Trinajstić information content (AvgIpc) is 3.22. The molecular formula is C29H32Cl2N2O4. The Morgan fingerprint density at radius 2 is 2.14 bits per heavy atom. The van der Waals surface area contributed by atoms with Gasteiger partial charge in [-0.2, -0.15) is 0 Å². The lowest BCUT2D eigenvalue weighted by molar-refractivity contribution is -0.139. The van der Waals surface area contributed by atoms with Crippen molar-refractivity contribution in [2.24, 2.45) is 5.92 Å².